The first kappa shape index (κ1) is 16.5. The molecule has 1 aliphatic rings. The van der Waals surface area contributed by atoms with Gasteiger partial charge in [0.25, 0.3) is 5.91 Å². The van der Waals surface area contributed by atoms with Crippen molar-refractivity contribution in [1.82, 2.24) is 9.88 Å². The van der Waals surface area contributed by atoms with Crippen molar-refractivity contribution in [3.63, 3.8) is 0 Å². The minimum absolute atomic E-state index is 0.197. The van der Waals surface area contributed by atoms with Gasteiger partial charge in [0.2, 0.25) is 0 Å². The van der Waals surface area contributed by atoms with E-state index >= 15 is 0 Å². The van der Waals surface area contributed by atoms with Gasteiger partial charge in [0.05, 0.1) is 17.8 Å². The standard InChI is InChI=1S/C13H16F4N4O/c14-12(15)13(16,17)8-20-3-5-21(6-4-20)10-1-2-19-7-9(10)11(18)22/h1-2,7,12H,3-6,8H2,(H2,18,22). The molecule has 0 aromatic carbocycles. The number of rotatable bonds is 5. The van der Waals surface area contributed by atoms with Crippen LogP contribution in [0.2, 0.25) is 0 Å². The van der Waals surface area contributed by atoms with E-state index in [-0.39, 0.29) is 18.7 Å². The molecular formula is C13H16F4N4O. The van der Waals surface area contributed by atoms with Gasteiger partial charge in [-0.1, -0.05) is 0 Å². The van der Waals surface area contributed by atoms with Gasteiger partial charge in [-0.2, -0.15) is 8.78 Å². The number of primary amides is 1. The van der Waals surface area contributed by atoms with E-state index in [4.69, 9.17) is 5.73 Å². The first-order valence-electron chi connectivity index (χ1n) is 6.68. The maximum Gasteiger partial charge on any atom is 0.319 e. The van der Waals surface area contributed by atoms with E-state index in [2.05, 4.69) is 4.98 Å². The highest BCUT2D eigenvalue weighted by atomic mass is 19.3. The SMILES string of the molecule is NC(=O)c1cnccc1N1CCN(CC(F)(F)C(F)F)CC1. The lowest BCUT2D eigenvalue weighted by molar-refractivity contribution is -0.142. The van der Waals surface area contributed by atoms with Crippen LogP contribution >= 0.6 is 0 Å². The van der Waals surface area contributed by atoms with Gasteiger partial charge in [-0.25, -0.2) is 8.78 Å². The Morgan fingerprint density at radius 2 is 1.95 bits per heavy atom. The highest BCUT2D eigenvalue weighted by molar-refractivity contribution is 5.98. The van der Waals surface area contributed by atoms with E-state index in [1.54, 1.807) is 11.0 Å². The maximum atomic E-state index is 13.0. The summed E-state index contributed by atoms with van der Waals surface area (Å²) in [4.78, 5) is 18.3. The van der Waals surface area contributed by atoms with Crippen LogP contribution in [0.4, 0.5) is 23.2 Å². The van der Waals surface area contributed by atoms with Gasteiger partial charge < -0.3 is 10.6 Å². The minimum atomic E-state index is -4.02. The Bertz CT molecular complexity index is 533. The number of aromatic nitrogens is 1. The van der Waals surface area contributed by atoms with Crippen molar-refractivity contribution < 1.29 is 22.4 Å². The molecule has 0 spiro atoms. The Morgan fingerprint density at radius 3 is 2.50 bits per heavy atom. The molecule has 0 saturated carbocycles. The molecule has 1 saturated heterocycles. The molecule has 1 amide bonds. The van der Waals surface area contributed by atoms with E-state index in [9.17, 15) is 22.4 Å². The molecular weight excluding hydrogens is 304 g/mol. The van der Waals surface area contributed by atoms with Gasteiger partial charge in [-0.15, -0.1) is 0 Å². The van der Waals surface area contributed by atoms with E-state index in [0.29, 0.717) is 18.8 Å². The van der Waals surface area contributed by atoms with Crippen LogP contribution in [-0.2, 0) is 0 Å². The topological polar surface area (TPSA) is 62.5 Å². The van der Waals surface area contributed by atoms with Crippen LogP contribution < -0.4 is 10.6 Å². The molecule has 1 aromatic heterocycles. The molecule has 0 radical (unpaired) electrons. The molecule has 0 bridgehead atoms. The molecule has 0 unspecified atom stereocenters. The van der Waals surface area contributed by atoms with Crippen LogP contribution in [0.1, 0.15) is 10.4 Å². The van der Waals surface area contributed by atoms with E-state index < -0.39 is 24.8 Å². The monoisotopic (exact) mass is 320 g/mol. The number of pyridine rings is 1. The van der Waals surface area contributed by atoms with E-state index in [1.807, 2.05) is 0 Å². The maximum absolute atomic E-state index is 13.0. The predicted octanol–water partition coefficient (Wildman–Crippen LogP) is 1.20. The van der Waals surface area contributed by atoms with E-state index in [1.165, 1.54) is 17.3 Å². The molecule has 1 aliphatic heterocycles. The quantitative estimate of drug-likeness (QED) is 0.828. The zero-order chi connectivity index (χ0) is 16.3. The zero-order valence-electron chi connectivity index (χ0n) is 11.7. The first-order chi connectivity index (χ1) is 10.3. The molecule has 2 rings (SSSR count). The Balaban J connectivity index is 2.00. The number of anilines is 1. The molecule has 122 valence electrons. The normalized spacial score (nSPS) is 17.0. The number of halogens is 4. The molecule has 9 heteroatoms. The molecule has 2 heterocycles. The number of carbonyl (C=O) groups excluding carboxylic acids is 1. The highest BCUT2D eigenvalue weighted by Crippen LogP contribution is 2.26. The van der Waals surface area contributed by atoms with Gasteiger partial charge in [0.1, 0.15) is 0 Å². The number of nitrogens with two attached hydrogens (primary N) is 1. The van der Waals surface area contributed by atoms with Gasteiger partial charge in [0, 0.05) is 38.6 Å². The molecule has 1 fully saturated rings. The summed E-state index contributed by atoms with van der Waals surface area (Å²) in [6, 6.07) is 1.61. The lowest BCUT2D eigenvalue weighted by Crippen LogP contribution is -2.51. The van der Waals surface area contributed by atoms with Gasteiger partial charge >= 0.3 is 12.3 Å². The van der Waals surface area contributed by atoms with Crippen LogP contribution in [0.5, 0.6) is 0 Å². The summed E-state index contributed by atoms with van der Waals surface area (Å²) < 4.78 is 50.5. The average Bonchev–Trinajstić information content (AvgIpc) is 2.47. The lowest BCUT2D eigenvalue weighted by atomic mass is 10.1. The summed E-state index contributed by atoms with van der Waals surface area (Å²) in [6.07, 6.45) is -0.833. The Morgan fingerprint density at radius 1 is 1.32 bits per heavy atom. The summed E-state index contributed by atoms with van der Waals surface area (Å²) in [6.45, 7) is 0.0937. The number of hydrogen-bond acceptors (Lipinski definition) is 4. The summed E-state index contributed by atoms with van der Waals surface area (Å²) in [5, 5.41) is 0. The number of piperazine rings is 1. The number of carbonyl (C=O) groups is 1. The second-order valence-corrected chi connectivity index (χ2v) is 5.08. The van der Waals surface area contributed by atoms with Gasteiger partial charge in [-0.05, 0) is 6.07 Å². The van der Waals surface area contributed by atoms with Gasteiger partial charge in [-0.3, -0.25) is 14.7 Å². The van der Waals surface area contributed by atoms with Crippen LogP contribution in [0, 0.1) is 0 Å². The number of nitrogens with zero attached hydrogens (tertiary/aromatic N) is 3. The summed E-state index contributed by atoms with van der Waals surface area (Å²) in [5.74, 6) is -4.65. The smallest absolute Gasteiger partial charge is 0.319 e. The van der Waals surface area contributed by atoms with Crippen LogP contribution in [0.25, 0.3) is 0 Å². The zero-order valence-corrected chi connectivity index (χ0v) is 11.7. The second kappa shape index (κ2) is 6.47. The molecule has 0 atom stereocenters. The van der Waals surface area contributed by atoms with Crippen molar-refractivity contribution in [2.75, 3.05) is 37.6 Å². The van der Waals surface area contributed by atoms with Crippen molar-refractivity contribution in [1.29, 1.82) is 0 Å². The fraction of sp³-hybridized carbons (Fsp3) is 0.538. The van der Waals surface area contributed by atoms with Crippen molar-refractivity contribution in [3.05, 3.63) is 24.0 Å². The third-order valence-corrected chi connectivity index (χ3v) is 3.53. The fourth-order valence-electron chi connectivity index (χ4n) is 2.37. The molecule has 5 nitrogen and oxygen atoms in total. The molecule has 0 aliphatic carbocycles. The summed E-state index contributed by atoms with van der Waals surface area (Å²) in [5.41, 5.74) is 6.08. The van der Waals surface area contributed by atoms with Crippen molar-refractivity contribution >= 4 is 11.6 Å². The third-order valence-electron chi connectivity index (χ3n) is 3.53. The van der Waals surface area contributed by atoms with Crippen LogP contribution in [0.3, 0.4) is 0 Å². The Kier molecular flexibility index (Phi) is 4.84. The summed E-state index contributed by atoms with van der Waals surface area (Å²) in [7, 11) is 0. The largest absolute Gasteiger partial charge is 0.368 e. The highest BCUT2D eigenvalue weighted by Gasteiger charge is 2.42. The minimum Gasteiger partial charge on any atom is -0.368 e. The van der Waals surface area contributed by atoms with E-state index in [0.717, 1.165) is 0 Å². The summed E-state index contributed by atoms with van der Waals surface area (Å²) >= 11 is 0. The average molecular weight is 320 g/mol. The van der Waals surface area contributed by atoms with Crippen LogP contribution in [0.15, 0.2) is 18.5 Å². The van der Waals surface area contributed by atoms with Gasteiger partial charge in [0.15, 0.2) is 0 Å². The molecule has 1 aromatic rings. The third kappa shape index (κ3) is 3.65. The number of amides is 1. The van der Waals surface area contributed by atoms with Crippen molar-refractivity contribution in [3.8, 4) is 0 Å². The predicted molar refractivity (Wildman–Crippen MR) is 72.4 cm³/mol. The molecule has 2 N–H and O–H groups in total. The fourth-order valence-corrected chi connectivity index (χ4v) is 2.37. The number of alkyl halides is 4. The molecule has 22 heavy (non-hydrogen) atoms. The van der Waals surface area contributed by atoms with Crippen molar-refractivity contribution in [2.24, 2.45) is 5.73 Å². The Hall–Kier alpha value is -1.90. The first-order valence-corrected chi connectivity index (χ1v) is 6.68. The second-order valence-electron chi connectivity index (χ2n) is 5.08. The van der Waals surface area contributed by atoms with Crippen molar-refractivity contribution in [2.45, 2.75) is 12.3 Å². The Labute approximate surface area is 124 Å². The lowest BCUT2D eigenvalue weighted by Gasteiger charge is -2.37. The van der Waals surface area contributed by atoms with Crippen LogP contribution in [-0.4, -0.2) is 60.9 Å². The number of hydrogen-bond donors (Lipinski definition) is 1.